The van der Waals surface area contributed by atoms with Crippen molar-refractivity contribution in [3.05, 3.63) is 28.2 Å². The van der Waals surface area contributed by atoms with Gasteiger partial charge in [-0.25, -0.2) is 0 Å². The molecule has 1 aliphatic heterocycles. The summed E-state index contributed by atoms with van der Waals surface area (Å²) in [7, 11) is 0. The molecule has 0 radical (unpaired) electrons. The SMILES string of the molecule is Cc1cc(N2CCC(=O)NC(C(C)(C)C)C2=O)ccc1Br. The van der Waals surface area contributed by atoms with E-state index in [9.17, 15) is 9.59 Å². The number of anilines is 1. The molecule has 0 saturated carbocycles. The Kier molecular flexibility index (Phi) is 4.42. The molecular formula is C16H21BrN2O2. The number of aryl methyl sites for hydroxylation is 1. The van der Waals surface area contributed by atoms with E-state index in [0.717, 1.165) is 15.7 Å². The minimum Gasteiger partial charge on any atom is -0.344 e. The van der Waals surface area contributed by atoms with Gasteiger partial charge in [0.15, 0.2) is 0 Å². The summed E-state index contributed by atoms with van der Waals surface area (Å²) in [4.78, 5) is 26.4. The summed E-state index contributed by atoms with van der Waals surface area (Å²) < 4.78 is 1.01. The van der Waals surface area contributed by atoms with Crippen molar-refractivity contribution in [3.8, 4) is 0 Å². The van der Waals surface area contributed by atoms with E-state index in [-0.39, 0.29) is 17.2 Å². The molecule has 5 heteroatoms. The molecule has 114 valence electrons. The molecule has 4 nitrogen and oxygen atoms in total. The molecule has 1 aliphatic rings. The van der Waals surface area contributed by atoms with Gasteiger partial charge in [0, 0.05) is 23.1 Å². The topological polar surface area (TPSA) is 49.4 Å². The highest BCUT2D eigenvalue weighted by atomic mass is 79.9. The number of nitrogens with zero attached hydrogens (tertiary/aromatic N) is 1. The smallest absolute Gasteiger partial charge is 0.250 e. The molecule has 21 heavy (non-hydrogen) atoms. The zero-order chi connectivity index (χ0) is 15.8. The molecule has 0 spiro atoms. The highest BCUT2D eigenvalue weighted by Gasteiger charge is 2.38. The fraction of sp³-hybridized carbons (Fsp3) is 0.500. The van der Waals surface area contributed by atoms with Crippen molar-refractivity contribution in [1.82, 2.24) is 5.32 Å². The Hall–Kier alpha value is -1.36. The average molecular weight is 353 g/mol. The largest absolute Gasteiger partial charge is 0.344 e. The second kappa shape index (κ2) is 5.79. The van der Waals surface area contributed by atoms with Crippen molar-refractivity contribution in [2.45, 2.75) is 40.2 Å². The number of hydrogen-bond acceptors (Lipinski definition) is 2. The molecule has 1 aromatic carbocycles. The van der Waals surface area contributed by atoms with E-state index in [2.05, 4.69) is 21.2 Å². The lowest BCUT2D eigenvalue weighted by Crippen LogP contribution is -2.52. The molecule has 1 fully saturated rings. The number of amides is 2. The molecule has 0 aromatic heterocycles. The molecule has 1 N–H and O–H groups in total. The third-order valence-electron chi connectivity index (χ3n) is 3.70. The van der Waals surface area contributed by atoms with Gasteiger partial charge in [-0.1, -0.05) is 36.7 Å². The van der Waals surface area contributed by atoms with Gasteiger partial charge in [-0.3, -0.25) is 9.59 Å². The molecular weight excluding hydrogens is 332 g/mol. The summed E-state index contributed by atoms with van der Waals surface area (Å²) >= 11 is 3.47. The number of carbonyl (C=O) groups is 2. The second-order valence-corrected chi connectivity index (χ2v) is 7.39. The average Bonchev–Trinajstić information content (AvgIpc) is 2.52. The van der Waals surface area contributed by atoms with Crippen LogP contribution in [-0.2, 0) is 9.59 Å². The Bertz CT molecular complexity index is 578. The van der Waals surface area contributed by atoms with Crippen LogP contribution in [0.1, 0.15) is 32.8 Å². The van der Waals surface area contributed by atoms with Gasteiger partial charge >= 0.3 is 0 Å². The van der Waals surface area contributed by atoms with E-state index < -0.39 is 6.04 Å². The molecule has 0 bridgehead atoms. The van der Waals surface area contributed by atoms with Crippen LogP contribution in [0, 0.1) is 12.3 Å². The van der Waals surface area contributed by atoms with Crippen LogP contribution < -0.4 is 10.2 Å². The number of hydrogen-bond donors (Lipinski definition) is 1. The van der Waals surface area contributed by atoms with Gasteiger partial charge in [0.1, 0.15) is 6.04 Å². The van der Waals surface area contributed by atoms with E-state index >= 15 is 0 Å². The van der Waals surface area contributed by atoms with Gasteiger partial charge in [0.05, 0.1) is 0 Å². The van der Waals surface area contributed by atoms with E-state index in [4.69, 9.17) is 0 Å². The second-order valence-electron chi connectivity index (χ2n) is 6.54. The Morgan fingerprint density at radius 1 is 1.29 bits per heavy atom. The first kappa shape index (κ1) is 16.0. The lowest BCUT2D eigenvalue weighted by atomic mass is 9.86. The maximum Gasteiger partial charge on any atom is 0.250 e. The maximum atomic E-state index is 12.8. The molecule has 2 amide bonds. The normalized spacial score (nSPS) is 20.2. The van der Waals surface area contributed by atoms with Crippen molar-refractivity contribution in [3.63, 3.8) is 0 Å². The van der Waals surface area contributed by atoms with Crippen molar-refractivity contribution < 1.29 is 9.59 Å². The summed E-state index contributed by atoms with van der Waals surface area (Å²) in [5.41, 5.74) is 1.59. The number of benzene rings is 1. The molecule has 1 heterocycles. The van der Waals surface area contributed by atoms with Crippen LogP contribution in [0.3, 0.4) is 0 Å². The molecule has 1 unspecified atom stereocenters. The number of halogens is 1. The number of carbonyl (C=O) groups excluding carboxylic acids is 2. The summed E-state index contributed by atoms with van der Waals surface area (Å²) in [5.74, 6) is -0.116. The minimum atomic E-state index is -0.503. The van der Waals surface area contributed by atoms with Gasteiger partial charge in [0.25, 0.3) is 0 Å². The van der Waals surface area contributed by atoms with Crippen LogP contribution in [0.15, 0.2) is 22.7 Å². The summed E-state index contributed by atoms with van der Waals surface area (Å²) in [6, 6.07) is 5.31. The number of nitrogens with one attached hydrogen (secondary N) is 1. The Labute approximate surface area is 134 Å². The standard InChI is InChI=1S/C16H21BrN2O2/c1-10-9-11(5-6-12(10)17)19-8-7-13(20)18-14(15(19)21)16(2,3)4/h5-6,9,14H,7-8H2,1-4H3,(H,18,20). The lowest BCUT2D eigenvalue weighted by Gasteiger charge is -2.32. The van der Waals surface area contributed by atoms with Crippen LogP contribution >= 0.6 is 15.9 Å². The molecule has 1 atom stereocenters. The monoisotopic (exact) mass is 352 g/mol. The van der Waals surface area contributed by atoms with E-state index in [1.54, 1.807) is 4.90 Å². The quantitative estimate of drug-likeness (QED) is 0.844. The summed E-state index contributed by atoms with van der Waals surface area (Å²) in [5, 5.41) is 2.85. The Morgan fingerprint density at radius 3 is 2.52 bits per heavy atom. The van der Waals surface area contributed by atoms with E-state index in [1.165, 1.54) is 0 Å². The minimum absolute atomic E-state index is 0.0462. The van der Waals surface area contributed by atoms with E-state index in [1.807, 2.05) is 45.9 Å². The van der Waals surface area contributed by atoms with Gasteiger partial charge in [-0.05, 0) is 36.1 Å². The fourth-order valence-electron chi connectivity index (χ4n) is 2.41. The first-order valence-corrected chi connectivity index (χ1v) is 7.86. The van der Waals surface area contributed by atoms with Crippen molar-refractivity contribution in [2.75, 3.05) is 11.4 Å². The van der Waals surface area contributed by atoms with Crippen LogP contribution in [0.2, 0.25) is 0 Å². The Balaban J connectivity index is 2.39. The molecule has 1 aromatic rings. The van der Waals surface area contributed by atoms with Crippen LogP contribution in [-0.4, -0.2) is 24.4 Å². The molecule has 0 aliphatic carbocycles. The summed E-state index contributed by atoms with van der Waals surface area (Å²) in [6.07, 6.45) is 0.327. The van der Waals surface area contributed by atoms with Gasteiger partial charge in [-0.15, -0.1) is 0 Å². The number of rotatable bonds is 1. The van der Waals surface area contributed by atoms with Crippen LogP contribution in [0.25, 0.3) is 0 Å². The highest BCUT2D eigenvalue weighted by molar-refractivity contribution is 9.10. The predicted octanol–water partition coefficient (Wildman–Crippen LogP) is 3.03. The maximum absolute atomic E-state index is 12.8. The third-order valence-corrected chi connectivity index (χ3v) is 4.59. The first-order valence-electron chi connectivity index (χ1n) is 7.07. The first-order chi connectivity index (χ1) is 9.70. The predicted molar refractivity (Wildman–Crippen MR) is 87.2 cm³/mol. The van der Waals surface area contributed by atoms with Gasteiger partial charge in [0.2, 0.25) is 11.8 Å². The molecule has 2 rings (SSSR count). The zero-order valence-electron chi connectivity index (χ0n) is 12.9. The van der Waals surface area contributed by atoms with Crippen molar-refractivity contribution in [2.24, 2.45) is 5.41 Å². The van der Waals surface area contributed by atoms with Crippen molar-refractivity contribution >= 4 is 33.4 Å². The van der Waals surface area contributed by atoms with E-state index in [0.29, 0.717) is 13.0 Å². The van der Waals surface area contributed by atoms with Gasteiger partial charge in [-0.2, -0.15) is 0 Å². The Morgan fingerprint density at radius 2 is 1.95 bits per heavy atom. The highest BCUT2D eigenvalue weighted by Crippen LogP contribution is 2.28. The van der Waals surface area contributed by atoms with Gasteiger partial charge < -0.3 is 10.2 Å². The molecule has 1 saturated heterocycles. The van der Waals surface area contributed by atoms with Crippen molar-refractivity contribution in [1.29, 1.82) is 0 Å². The zero-order valence-corrected chi connectivity index (χ0v) is 14.5. The fourth-order valence-corrected chi connectivity index (χ4v) is 2.66. The summed E-state index contributed by atoms with van der Waals surface area (Å²) in [6.45, 7) is 8.30. The third kappa shape index (κ3) is 3.46. The van der Waals surface area contributed by atoms with Crippen LogP contribution in [0.5, 0.6) is 0 Å². The van der Waals surface area contributed by atoms with Crippen LogP contribution in [0.4, 0.5) is 5.69 Å². The lowest BCUT2D eigenvalue weighted by molar-refractivity contribution is -0.127.